The zero-order valence-electron chi connectivity index (χ0n) is 7.85. The molecule has 2 aromatic heterocycles. The van der Waals surface area contributed by atoms with E-state index in [0.717, 1.165) is 25.5 Å². The van der Waals surface area contributed by atoms with E-state index in [9.17, 15) is 0 Å². The summed E-state index contributed by atoms with van der Waals surface area (Å²) >= 11 is 0. The van der Waals surface area contributed by atoms with Crippen LogP contribution in [0.25, 0.3) is 0 Å². The molecule has 0 amide bonds. The molecule has 0 unspecified atom stereocenters. The fourth-order valence-electron chi connectivity index (χ4n) is 1.23. The van der Waals surface area contributed by atoms with Crippen LogP contribution in [0.3, 0.4) is 0 Å². The monoisotopic (exact) mass is 191 g/mol. The molecule has 0 bridgehead atoms. The van der Waals surface area contributed by atoms with Gasteiger partial charge in [-0.15, -0.1) is 0 Å². The molecule has 2 aromatic rings. The first-order valence-corrected chi connectivity index (χ1v) is 4.61. The fourth-order valence-corrected chi connectivity index (χ4v) is 1.23. The van der Waals surface area contributed by atoms with Crippen molar-refractivity contribution in [1.82, 2.24) is 25.1 Å². The fraction of sp³-hybridized carbons (Fsp3) is 0.333. The van der Waals surface area contributed by atoms with Gasteiger partial charge in [0.1, 0.15) is 5.82 Å². The zero-order chi connectivity index (χ0) is 9.64. The summed E-state index contributed by atoms with van der Waals surface area (Å²) < 4.78 is 1.90. The van der Waals surface area contributed by atoms with Gasteiger partial charge >= 0.3 is 0 Å². The summed E-state index contributed by atoms with van der Waals surface area (Å²) in [6.45, 7) is 2.55. The van der Waals surface area contributed by atoms with E-state index in [2.05, 4.69) is 20.4 Å². The maximum atomic E-state index is 4.11. The van der Waals surface area contributed by atoms with Gasteiger partial charge in [0.25, 0.3) is 0 Å². The van der Waals surface area contributed by atoms with E-state index in [1.807, 2.05) is 23.1 Å². The topological polar surface area (TPSA) is 58.5 Å². The van der Waals surface area contributed by atoms with E-state index in [4.69, 9.17) is 0 Å². The predicted octanol–water partition coefficient (Wildman–Crippen LogP) is 0.396. The maximum Gasteiger partial charge on any atom is 0.120 e. The predicted molar refractivity (Wildman–Crippen MR) is 52.5 cm³/mol. The second-order valence-corrected chi connectivity index (χ2v) is 2.98. The summed E-state index contributed by atoms with van der Waals surface area (Å²) in [6.07, 6.45) is 7.32. The molecule has 0 fully saturated rings. The largest absolute Gasteiger partial charge is 0.348 e. The summed E-state index contributed by atoms with van der Waals surface area (Å²) in [7, 11) is 0. The van der Waals surface area contributed by atoms with Gasteiger partial charge in [0, 0.05) is 31.3 Å². The molecule has 0 aliphatic carbocycles. The highest BCUT2D eigenvalue weighted by Gasteiger charge is 1.93. The molecule has 0 saturated heterocycles. The van der Waals surface area contributed by atoms with E-state index < -0.39 is 0 Å². The number of aromatic nitrogens is 4. The van der Waals surface area contributed by atoms with Crippen LogP contribution in [0.1, 0.15) is 5.82 Å². The first-order chi connectivity index (χ1) is 6.95. The van der Waals surface area contributed by atoms with Gasteiger partial charge in [-0.2, -0.15) is 5.10 Å². The van der Waals surface area contributed by atoms with Gasteiger partial charge in [-0.3, -0.25) is 4.68 Å². The van der Waals surface area contributed by atoms with Crippen molar-refractivity contribution < 1.29 is 0 Å². The Hall–Kier alpha value is -1.62. The van der Waals surface area contributed by atoms with Crippen molar-refractivity contribution in [2.45, 2.75) is 13.1 Å². The van der Waals surface area contributed by atoms with E-state index in [-0.39, 0.29) is 0 Å². The van der Waals surface area contributed by atoms with Gasteiger partial charge in [-0.1, -0.05) is 0 Å². The zero-order valence-corrected chi connectivity index (χ0v) is 7.85. The van der Waals surface area contributed by atoms with Gasteiger partial charge in [-0.25, -0.2) is 4.98 Å². The SMILES string of the molecule is c1cnn(CCNCc2ncc[nH]2)c1. The lowest BCUT2D eigenvalue weighted by atomic mass is 10.5. The van der Waals surface area contributed by atoms with Crippen molar-refractivity contribution >= 4 is 0 Å². The number of nitrogens with zero attached hydrogens (tertiary/aromatic N) is 3. The van der Waals surface area contributed by atoms with Crippen molar-refractivity contribution in [2.75, 3.05) is 6.54 Å². The molecule has 0 saturated carbocycles. The molecule has 14 heavy (non-hydrogen) atoms. The van der Waals surface area contributed by atoms with E-state index in [0.29, 0.717) is 0 Å². The molecular formula is C9H13N5. The Labute approximate surface area is 82.2 Å². The van der Waals surface area contributed by atoms with Crippen molar-refractivity contribution in [3.63, 3.8) is 0 Å². The second-order valence-electron chi connectivity index (χ2n) is 2.98. The van der Waals surface area contributed by atoms with Gasteiger partial charge in [0.15, 0.2) is 0 Å². The van der Waals surface area contributed by atoms with Crippen LogP contribution in [0.5, 0.6) is 0 Å². The molecule has 0 aromatic carbocycles. The van der Waals surface area contributed by atoms with Gasteiger partial charge in [0.05, 0.1) is 13.1 Å². The Bertz CT molecular complexity index is 301. The number of H-pyrrole nitrogens is 1. The quantitative estimate of drug-likeness (QED) is 0.672. The Morgan fingerprint density at radius 1 is 1.43 bits per heavy atom. The third-order valence-electron chi connectivity index (χ3n) is 1.92. The van der Waals surface area contributed by atoms with Crippen LogP contribution in [0.15, 0.2) is 30.9 Å². The summed E-state index contributed by atoms with van der Waals surface area (Å²) in [6, 6.07) is 1.92. The highest BCUT2D eigenvalue weighted by Crippen LogP contribution is 1.87. The lowest BCUT2D eigenvalue weighted by Gasteiger charge is -2.02. The van der Waals surface area contributed by atoms with Gasteiger partial charge in [0.2, 0.25) is 0 Å². The van der Waals surface area contributed by atoms with Gasteiger partial charge in [-0.05, 0) is 6.07 Å². The number of hydrogen-bond donors (Lipinski definition) is 2. The van der Waals surface area contributed by atoms with Crippen molar-refractivity contribution in [1.29, 1.82) is 0 Å². The van der Waals surface area contributed by atoms with Crippen LogP contribution in [-0.2, 0) is 13.1 Å². The Kier molecular flexibility index (Phi) is 2.92. The molecule has 0 aliphatic heterocycles. The number of aromatic amines is 1. The average molecular weight is 191 g/mol. The maximum absolute atomic E-state index is 4.11. The van der Waals surface area contributed by atoms with Crippen LogP contribution in [0, 0.1) is 0 Å². The molecule has 2 rings (SSSR count). The third kappa shape index (κ3) is 2.43. The normalized spacial score (nSPS) is 10.6. The minimum absolute atomic E-state index is 0.772. The number of nitrogens with one attached hydrogen (secondary N) is 2. The standard InChI is InChI=1S/C9H13N5/c1-2-13-14(6-1)7-5-10-8-9-11-3-4-12-9/h1-4,6,10H,5,7-8H2,(H,11,12). The summed E-state index contributed by atoms with van der Waals surface area (Å²) in [5.74, 6) is 0.963. The van der Waals surface area contributed by atoms with Crippen LogP contribution in [0.4, 0.5) is 0 Å². The summed E-state index contributed by atoms with van der Waals surface area (Å²) in [5, 5.41) is 7.38. The summed E-state index contributed by atoms with van der Waals surface area (Å²) in [5.41, 5.74) is 0. The minimum atomic E-state index is 0.772. The van der Waals surface area contributed by atoms with Gasteiger partial charge < -0.3 is 10.3 Å². The highest BCUT2D eigenvalue weighted by molar-refractivity contribution is 4.85. The molecule has 74 valence electrons. The second kappa shape index (κ2) is 4.57. The average Bonchev–Trinajstić information content (AvgIpc) is 2.86. The first-order valence-electron chi connectivity index (χ1n) is 4.61. The van der Waals surface area contributed by atoms with E-state index in [1.54, 1.807) is 12.4 Å². The summed E-state index contributed by atoms with van der Waals surface area (Å²) in [4.78, 5) is 7.15. The van der Waals surface area contributed by atoms with E-state index >= 15 is 0 Å². The molecule has 2 N–H and O–H groups in total. The Morgan fingerprint density at radius 2 is 2.43 bits per heavy atom. The molecule has 2 heterocycles. The first kappa shape index (κ1) is 8.96. The molecule has 0 spiro atoms. The van der Waals surface area contributed by atoms with Crippen LogP contribution < -0.4 is 5.32 Å². The number of hydrogen-bond acceptors (Lipinski definition) is 3. The number of imidazole rings is 1. The number of rotatable bonds is 5. The smallest absolute Gasteiger partial charge is 0.120 e. The molecule has 0 radical (unpaired) electrons. The molecular weight excluding hydrogens is 178 g/mol. The van der Waals surface area contributed by atoms with E-state index in [1.165, 1.54) is 0 Å². The lowest BCUT2D eigenvalue weighted by Crippen LogP contribution is -2.20. The molecule has 0 aliphatic rings. The molecule has 0 atom stereocenters. The van der Waals surface area contributed by atoms with Crippen molar-refractivity contribution in [2.24, 2.45) is 0 Å². The minimum Gasteiger partial charge on any atom is -0.348 e. The lowest BCUT2D eigenvalue weighted by molar-refractivity contribution is 0.549. The Balaban J connectivity index is 1.65. The van der Waals surface area contributed by atoms with Crippen LogP contribution in [-0.4, -0.2) is 26.3 Å². The third-order valence-corrected chi connectivity index (χ3v) is 1.92. The Morgan fingerprint density at radius 3 is 3.14 bits per heavy atom. The highest BCUT2D eigenvalue weighted by atomic mass is 15.3. The molecule has 5 nitrogen and oxygen atoms in total. The van der Waals surface area contributed by atoms with Crippen LogP contribution in [0.2, 0.25) is 0 Å². The van der Waals surface area contributed by atoms with Crippen LogP contribution >= 0.6 is 0 Å². The van der Waals surface area contributed by atoms with Crippen molar-refractivity contribution in [3.05, 3.63) is 36.7 Å². The van der Waals surface area contributed by atoms with Crippen molar-refractivity contribution in [3.8, 4) is 0 Å². The molecule has 5 heteroatoms.